The van der Waals surface area contributed by atoms with Crippen LogP contribution in [-0.4, -0.2) is 24.4 Å². The summed E-state index contributed by atoms with van der Waals surface area (Å²) in [7, 11) is -3.78. The number of carbonyl (C=O) groups is 1. The van der Waals surface area contributed by atoms with E-state index in [9.17, 15) is 23.3 Å². The fourth-order valence-corrected chi connectivity index (χ4v) is 3.94. The summed E-state index contributed by atoms with van der Waals surface area (Å²) in [5, 5.41) is 17.6. The number of aromatic nitrogens is 1. The number of nitro groups is 1. The van der Waals surface area contributed by atoms with Gasteiger partial charge in [0.1, 0.15) is 0 Å². The second kappa shape index (κ2) is 8.02. The Morgan fingerprint density at radius 2 is 1.79 bits per heavy atom. The first kappa shape index (κ1) is 19.3. The van der Waals surface area contributed by atoms with Gasteiger partial charge < -0.3 is 10.6 Å². The van der Waals surface area contributed by atoms with E-state index in [1.807, 2.05) is 0 Å². The predicted molar refractivity (Wildman–Crippen MR) is 105 cm³/mol. The summed E-state index contributed by atoms with van der Waals surface area (Å²) in [4.78, 5) is 26.1. The van der Waals surface area contributed by atoms with Gasteiger partial charge in [0.25, 0.3) is 15.7 Å². The highest BCUT2D eigenvalue weighted by Crippen LogP contribution is 2.20. The lowest BCUT2D eigenvalue weighted by molar-refractivity contribution is -0.384. The first-order chi connectivity index (χ1) is 13.3. The van der Waals surface area contributed by atoms with E-state index < -0.39 is 21.0 Å². The lowest BCUT2D eigenvalue weighted by Gasteiger charge is -2.09. The minimum Gasteiger partial charge on any atom is -0.308 e. The molecule has 2 amide bonds. The average Bonchev–Trinajstić information content (AvgIpc) is 3.14. The number of amides is 2. The monoisotopic (exact) mass is 419 g/mol. The molecule has 0 unspecified atom stereocenters. The van der Waals surface area contributed by atoms with E-state index in [0.717, 1.165) is 11.3 Å². The van der Waals surface area contributed by atoms with Crippen molar-refractivity contribution in [1.29, 1.82) is 0 Å². The van der Waals surface area contributed by atoms with Crippen molar-refractivity contribution in [3.05, 3.63) is 70.2 Å². The van der Waals surface area contributed by atoms with Gasteiger partial charge in [0.05, 0.1) is 9.82 Å². The molecular formula is C16H13N5O5S2. The van der Waals surface area contributed by atoms with Crippen LogP contribution in [0.1, 0.15) is 0 Å². The van der Waals surface area contributed by atoms with Gasteiger partial charge in [-0.15, -0.1) is 11.3 Å². The van der Waals surface area contributed by atoms with E-state index in [1.165, 1.54) is 54.7 Å². The highest BCUT2D eigenvalue weighted by molar-refractivity contribution is 7.93. The normalized spacial score (nSPS) is 10.9. The molecule has 0 bridgehead atoms. The topological polar surface area (TPSA) is 143 Å². The van der Waals surface area contributed by atoms with Crippen LogP contribution in [0.15, 0.2) is 65.0 Å². The summed E-state index contributed by atoms with van der Waals surface area (Å²) in [6.07, 6.45) is 1.48. The van der Waals surface area contributed by atoms with Crippen LogP contribution in [0, 0.1) is 10.1 Å². The SMILES string of the molecule is O=C(Nc1ccc(S(=O)(=O)Nc2nccs2)cc1)Nc1cccc([N+](=O)[O-])c1. The Bertz CT molecular complexity index is 1100. The molecule has 0 fully saturated rings. The molecule has 0 aliphatic rings. The number of thiazole rings is 1. The van der Waals surface area contributed by atoms with Crippen molar-refractivity contribution in [2.45, 2.75) is 4.90 Å². The summed E-state index contributed by atoms with van der Waals surface area (Å²) in [6, 6.07) is 10.4. The Balaban J connectivity index is 1.64. The fourth-order valence-electron chi connectivity index (χ4n) is 2.16. The number of nitrogens with zero attached hydrogens (tertiary/aromatic N) is 2. The number of carbonyl (C=O) groups excluding carboxylic acids is 1. The molecule has 0 saturated heterocycles. The Morgan fingerprint density at radius 3 is 2.43 bits per heavy atom. The van der Waals surface area contributed by atoms with Crippen molar-refractivity contribution in [2.75, 3.05) is 15.4 Å². The zero-order chi connectivity index (χ0) is 20.1. The second-order valence-electron chi connectivity index (χ2n) is 5.35. The van der Waals surface area contributed by atoms with E-state index in [2.05, 4.69) is 20.3 Å². The number of nitrogens with one attached hydrogen (secondary N) is 3. The zero-order valence-corrected chi connectivity index (χ0v) is 15.7. The molecule has 3 N–H and O–H groups in total. The number of sulfonamides is 1. The number of hydrogen-bond donors (Lipinski definition) is 3. The first-order valence-electron chi connectivity index (χ1n) is 7.68. The van der Waals surface area contributed by atoms with Crippen molar-refractivity contribution in [3.63, 3.8) is 0 Å². The molecule has 0 spiro atoms. The largest absolute Gasteiger partial charge is 0.323 e. The molecule has 10 nitrogen and oxygen atoms in total. The summed E-state index contributed by atoms with van der Waals surface area (Å²) in [6.45, 7) is 0. The lowest BCUT2D eigenvalue weighted by Crippen LogP contribution is -2.19. The molecule has 0 atom stereocenters. The molecule has 0 saturated carbocycles. The highest BCUT2D eigenvalue weighted by Gasteiger charge is 2.15. The molecule has 3 rings (SSSR count). The Kier molecular flexibility index (Phi) is 5.52. The maximum Gasteiger partial charge on any atom is 0.323 e. The molecule has 144 valence electrons. The second-order valence-corrected chi connectivity index (χ2v) is 7.93. The van der Waals surface area contributed by atoms with E-state index >= 15 is 0 Å². The third-order valence-corrected chi connectivity index (χ3v) is 5.56. The van der Waals surface area contributed by atoms with Crippen molar-refractivity contribution in [1.82, 2.24) is 4.98 Å². The molecule has 1 heterocycles. The van der Waals surface area contributed by atoms with Crippen LogP contribution < -0.4 is 15.4 Å². The van der Waals surface area contributed by atoms with Gasteiger partial charge in [-0.05, 0) is 30.3 Å². The maximum atomic E-state index is 12.3. The Labute approximate surface area is 163 Å². The fraction of sp³-hybridized carbons (Fsp3) is 0. The van der Waals surface area contributed by atoms with Gasteiger partial charge in [-0.2, -0.15) is 0 Å². The number of benzene rings is 2. The number of anilines is 3. The van der Waals surface area contributed by atoms with E-state index in [-0.39, 0.29) is 21.4 Å². The van der Waals surface area contributed by atoms with E-state index in [0.29, 0.717) is 5.69 Å². The van der Waals surface area contributed by atoms with Crippen LogP contribution in [-0.2, 0) is 10.0 Å². The molecule has 3 aromatic rings. The zero-order valence-electron chi connectivity index (χ0n) is 14.0. The van der Waals surface area contributed by atoms with Crippen LogP contribution >= 0.6 is 11.3 Å². The smallest absolute Gasteiger partial charge is 0.308 e. The molecule has 1 aromatic heterocycles. The van der Waals surface area contributed by atoms with E-state index in [1.54, 1.807) is 5.38 Å². The van der Waals surface area contributed by atoms with Crippen LogP contribution in [0.25, 0.3) is 0 Å². The number of urea groups is 1. The lowest BCUT2D eigenvalue weighted by atomic mass is 10.3. The third kappa shape index (κ3) is 4.81. The van der Waals surface area contributed by atoms with Crippen LogP contribution in [0.2, 0.25) is 0 Å². The minimum atomic E-state index is -3.78. The molecule has 12 heteroatoms. The number of nitro benzene ring substituents is 1. The van der Waals surface area contributed by atoms with Gasteiger partial charge in [0.2, 0.25) is 0 Å². The van der Waals surface area contributed by atoms with Gasteiger partial charge in [0, 0.05) is 35.1 Å². The highest BCUT2D eigenvalue weighted by atomic mass is 32.2. The van der Waals surface area contributed by atoms with Crippen molar-refractivity contribution in [3.8, 4) is 0 Å². The number of non-ortho nitro benzene ring substituents is 1. The number of rotatable bonds is 6. The van der Waals surface area contributed by atoms with Crippen LogP contribution in [0.4, 0.5) is 27.0 Å². The quantitative estimate of drug-likeness (QED) is 0.412. The van der Waals surface area contributed by atoms with Crippen molar-refractivity contribution in [2.24, 2.45) is 0 Å². The van der Waals surface area contributed by atoms with Crippen molar-refractivity contribution < 1.29 is 18.1 Å². The molecule has 0 aliphatic carbocycles. The summed E-state index contributed by atoms with van der Waals surface area (Å²) >= 11 is 1.15. The van der Waals surface area contributed by atoms with Gasteiger partial charge >= 0.3 is 6.03 Å². The molecule has 0 aliphatic heterocycles. The Morgan fingerprint density at radius 1 is 1.07 bits per heavy atom. The average molecular weight is 419 g/mol. The molecule has 28 heavy (non-hydrogen) atoms. The van der Waals surface area contributed by atoms with Crippen LogP contribution in [0.5, 0.6) is 0 Å². The van der Waals surface area contributed by atoms with E-state index in [4.69, 9.17) is 0 Å². The molecule has 2 aromatic carbocycles. The third-order valence-electron chi connectivity index (χ3n) is 3.39. The summed E-state index contributed by atoms with van der Waals surface area (Å²) < 4.78 is 26.9. The minimum absolute atomic E-state index is 0.00680. The first-order valence-corrected chi connectivity index (χ1v) is 10.0. The molecule has 0 radical (unpaired) electrons. The van der Waals surface area contributed by atoms with Crippen molar-refractivity contribution >= 4 is 49.6 Å². The maximum absolute atomic E-state index is 12.3. The van der Waals surface area contributed by atoms with Gasteiger partial charge in [0.15, 0.2) is 5.13 Å². The van der Waals surface area contributed by atoms with Gasteiger partial charge in [-0.3, -0.25) is 14.8 Å². The molecular weight excluding hydrogens is 406 g/mol. The number of hydrogen-bond acceptors (Lipinski definition) is 7. The van der Waals surface area contributed by atoms with Gasteiger partial charge in [-0.1, -0.05) is 6.07 Å². The summed E-state index contributed by atoms with van der Waals surface area (Å²) in [5.74, 6) is 0. The van der Waals surface area contributed by atoms with Gasteiger partial charge in [-0.25, -0.2) is 18.2 Å². The standard InChI is InChI=1S/C16H13N5O5S2/c22-15(19-12-2-1-3-13(10-12)21(23)24)18-11-4-6-14(7-5-11)28(25,26)20-16-17-8-9-27-16/h1-10H,(H,17,20)(H2,18,19,22). The summed E-state index contributed by atoms with van der Waals surface area (Å²) in [5.41, 5.74) is 0.440. The predicted octanol–water partition coefficient (Wildman–Crippen LogP) is 3.50. The van der Waals surface area contributed by atoms with Crippen LogP contribution in [0.3, 0.4) is 0 Å². The Hall–Kier alpha value is -3.51.